The third-order valence-electron chi connectivity index (χ3n) is 3.61. The lowest BCUT2D eigenvalue weighted by molar-refractivity contribution is 0.327. The molecule has 0 radical (unpaired) electrons. The summed E-state index contributed by atoms with van der Waals surface area (Å²) in [6, 6.07) is 11.1. The van der Waals surface area contributed by atoms with Crippen molar-refractivity contribution in [1.82, 2.24) is 9.88 Å². The summed E-state index contributed by atoms with van der Waals surface area (Å²) in [6.07, 6.45) is 1.12. The van der Waals surface area contributed by atoms with Gasteiger partial charge in [-0.15, -0.1) is 12.4 Å². The number of fused-ring (bicyclic) bond motifs is 1. The highest BCUT2D eigenvalue weighted by Gasteiger charge is 2.18. The molecule has 1 aromatic carbocycles. The summed E-state index contributed by atoms with van der Waals surface area (Å²) in [5, 5.41) is 1.22. The summed E-state index contributed by atoms with van der Waals surface area (Å²) in [6.45, 7) is 5.16. The Morgan fingerprint density at radius 1 is 1.32 bits per heavy atom. The van der Waals surface area contributed by atoms with Crippen LogP contribution in [0.5, 0.6) is 0 Å². The Morgan fingerprint density at radius 2 is 2.16 bits per heavy atom. The van der Waals surface area contributed by atoms with Crippen molar-refractivity contribution in [1.29, 1.82) is 0 Å². The molecule has 0 spiro atoms. The Labute approximate surface area is 120 Å². The highest BCUT2D eigenvalue weighted by Crippen LogP contribution is 2.18. The highest BCUT2D eigenvalue weighted by atomic mass is 35.5. The molecule has 2 aromatic rings. The number of rotatable bonds is 2. The van der Waals surface area contributed by atoms with E-state index < -0.39 is 0 Å². The predicted molar refractivity (Wildman–Crippen MR) is 81.6 cm³/mol. The number of nitrogens with two attached hydrogens (primary N) is 1. The van der Waals surface area contributed by atoms with Crippen LogP contribution < -0.4 is 5.73 Å². The first-order chi connectivity index (χ1) is 8.70. The second-order valence-corrected chi connectivity index (χ2v) is 5.26. The molecule has 1 aliphatic rings. The standard InChI is InChI=1S/C15H19N3.ClH/c1-11-2-4-13-8-12(3-5-15(13)17-11)9-18-7-6-14(16)10-18;/h2-5,8,14H,6-7,9-10,16H2,1H3;1H/t14-;/m1./s1. The Balaban J connectivity index is 0.00000133. The van der Waals surface area contributed by atoms with Gasteiger partial charge in [0.25, 0.3) is 0 Å². The van der Waals surface area contributed by atoms with Crippen LogP contribution in [0.2, 0.25) is 0 Å². The molecule has 0 saturated carbocycles. The van der Waals surface area contributed by atoms with Crippen molar-refractivity contribution in [2.75, 3.05) is 13.1 Å². The average Bonchev–Trinajstić information content (AvgIpc) is 2.75. The first-order valence-electron chi connectivity index (χ1n) is 6.55. The second-order valence-electron chi connectivity index (χ2n) is 5.26. The van der Waals surface area contributed by atoms with Crippen LogP contribution in [0.3, 0.4) is 0 Å². The SMILES string of the molecule is Cc1ccc2cc(CN3CC[C@@H](N)C3)ccc2n1.Cl. The molecule has 0 amide bonds. The van der Waals surface area contributed by atoms with Crippen LogP contribution in [0.4, 0.5) is 0 Å². The molecule has 2 heterocycles. The number of aryl methyl sites for hydroxylation is 1. The minimum atomic E-state index is 0. The van der Waals surface area contributed by atoms with Crippen molar-refractivity contribution in [3.63, 3.8) is 0 Å². The summed E-state index contributed by atoms with van der Waals surface area (Å²) >= 11 is 0. The Bertz CT molecular complexity index is 570. The van der Waals surface area contributed by atoms with E-state index in [0.717, 1.165) is 37.3 Å². The van der Waals surface area contributed by atoms with Gasteiger partial charge >= 0.3 is 0 Å². The molecule has 0 bridgehead atoms. The third kappa shape index (κ3) is 3.24. The number of halogens is 1. The molecule has 19 heavy (non-hydrogen) atoms. The van der Waals surface area contributed by atoms with Crippen LogP contribution in [0.15, 0.2) is 30.3 Å². The van der Waals surface area contributed by atoms with E-state index in [9.17, 15) is 0 Å². The number of benzene rings is 1. The van der Waals surface area contributed by atoms with Crippen molar-refractivity contribution in [3.05, 3.63) is 41.6 Å². The van der Waals surface area contributed by atoms with Crippen LogP contribution >= 0.6 is 12.4 Å². The fraction of sp³-hybridized carbons (Fsp3) is 0.400. The Kier molecular flexibility index (Phi) is 4.40. The largest absolute Gasteiger partial charge is 0.326 e. The lowest BCUT2D eigenvalue weighted by Gasteiger charge is -2.15. The van der Waals surface area contributed by atoms with Gasteiger partial charge in [-0.05, 0) is 37.1 Å². The van der Waals surface area contributed by atoms with E-state index >= 15 is 0 Å². The number of likely N-dealkylation sites (tertiary alicyclic amines) is 1. The van der Waals surface area contributed by atoms with Gasteiger partial charge in [0.1, 0.15) is 0 Å². The number of hydrogen-bond acceptors (Lipinski definition) is 3. The molecule has 3 rings (SSSR count). The maximum absolute atomic E-state index is 5.93. The molecule has 1 saturated heterocycles. The quantitative estimate of drug-likeness (QED) is 0.917. The topological polar surface area (TPSA) is 42.1 Å². The van der Waals surface area contributed by atoms with Crippen molar-refractivity contribution < 1.29 is 0 Å². The van der Waals surface area contributed by atoms with Gasteiger partial charge in [-0.25, -0.2) is 0 Å². The molecule has 1 aromatic heterocycles. The minimum Gasteiger partial charge on any atom is -0.326 e. The monoisotopic (exact) mass is 277 g/mol. The first-order valence-corrected chi connectivity index (χ1v) is 6.55. The lowest BCUT2D eigenvalue weighted by Crippen LogP contribution is -2.26. The number of aromatic nitrogens is 1. The third-order valence-corrected chi connectivity index (χ3v) is 3.61. The zero-order valence-corrected chi connectivity index (χ0v) is 12.0. The van der Waals surface area contributed by atoms with Crippen molar-refractivity contribution >= 4 is 23.3 Å². The summed E-state index contributed by atoms with van der Waals surface area (Å²) in [7, 11) is 0. The van der Waals surface area contributed by atoms with Crippen molar-refractivity contribution in [3.8, 4) is 0 Å². The van der Waals surface area contributed by atoms with Gasteiger partial charge in [0, 0.05) is 36.8 Å². The van der Waals surface area contributed by atoms with Gasteiger partial charge < -0.3 is 5.73 Å². The zero-order valence-electron chi connectivity index (χ0n) is 11.2. The average molecular weight is 278 g/mol. The van der Waals surface area contributed by atoms with Gasteiger partial charge in [0.15, 0.2) is 0 Å². The van der Waals surface area contributed by atoms with Crippen LogP contribution in [0.1, 0.15) is 17.7 Å². The molecule has 1 fully saturated rings. The molecular weight excluding hydrogens is 258 g/mol. The maximum atomic E-state index is 5.93. The van der Waals surface area contributed by atoms with Crippen LogP contribution in [0, 0.1) is 6.92 Å². The number of nitrogens with zero attached hydrogens (tertiary/aromatic N) is 2. The van der Waals surface area contributed by atoms with E-state index in [1.165, 1.54) is 10.9 Å². The Hall–Kier alpha value is -1.16. The summed E-state index contributed by atoms with van der Waals surface area (Å²) in [5.41, 5.74) is 9.43. The molecule has 2 N–H and O–H groups in total. The van der Waals surface area contributed by atoms with Crippen molar-refractivity contribution in [2.24, 2.45) is 5.73 Å². The summed E-state index contributed by atoms with van der Waals surface area (Å²) in [4.78, 5) is 6.95. The van der Waals surface area contributed by atoms with Crippen LogP contribution in [-0.4, -0.2) is 29.0 Å². The van der Waals surface area contributed by atoms with E-state index in [4.69, 9.17) is 5.73 Å². The fourth-order valence-electron chi connectivity index (χ4n) is 2.64. The van der Waals surface area contributed by atoms with Crippen molar-refractivity contribution in [2.45, 2.75) is 25.9 Å². The van der Waals surface area contributed by atoms with E-state index in [0.29, 0.717) is 6.04 Å². The first kappa shape index (κ1) is 14.3. The normalized spacial score (nSPS) is 19.6. The molecular formula is C15H20ClN3. The zero-order chi connectivity index (χ0) is 12.5. The molecule has 102 valence electrons. The molecule has 0 aliphatic carbocycles. The minimum absolute atomic E-state index is 0. The number of pyridine rings is 1. The highest BCUT2D eigenvalue weighted by molar-refractivity contribution is 5.85. The van der Waals surface area contributed by atoms with E-state index in [1.807, 2.05) is 6.92 Å². The van der Waals surface area contributed by atoms with Gasteiger partial charge in [0.2, 0.25) is 0 Å². The predicted octanol–water partition coefficient (Wildman–Crippen LogP) is 2.50. The molecule has 1 aliphatic heterocycles. The molecule has 4 heteroatoms. The molecule has 0 unspecified atom stereocenters. The van der Waals surface area contributed by atoms with E-state index in [2.05, 4.69) is 40.2 Å². The van der Waals surface area contributed by atoms with Gasteiger partial charge in [-0.1, -0.05) is 12.1 Å². The maximum Gasteiger partial charge on any atom is 0.0705 e. The van der Waals surface area contributed by atoms with Gasteiger partial charge in [-0.2, -0.15) is 0 Å². The Morgan fingerprint density at radius 3 is 2.89 bits per heavy atom. The fourth-order valence-corrected chi connectivity index (χ4v) is 2.64. The second kappa shape index (κ2) is 5.87. The van der Waals surface area contributed by atoms with Crippen LogP contribution in [-0.2, 0) is 6.54 Å². The van der Waals surface area contributed by atoms with Gasteiger partial charge in [-0.3, -0.25) is 9.88 Å². The van der Waals surface area contributed by atoms with E-state index in [-0.39, 0.29) is 12.4 Å². The molecule has 3 nitrogen and oxygen atoms in total. The smallest absolute Gasteiger partial charge is 0.0705 e. The number of hydrogen-bond donors (Lipinski definition) is 1. The van der Waals surface area contributed by atoms with Gasteiger partial charge in [0.05, 0.1) is 5.52 Å². The van der Waals surface area contributed by atoms with E-state index in [1.54, 1.807) is 0 Å². The van der Waals surface area contributed by atoms with Crippen LogP contribution in [0.25, 0.3) is 10.9 Å². The summed E-state index contributed by atoms with van der Waals surface area (Å²) in [5.74, 6) is 0. The lowest BCUT2D eigenvalue weighted by atomic mass is 10.1. The molecule has 1 atom stereocenters. The summed E-state index contributed by atoms with van der Waals surface area (Å²) < 4.78 is 0.